The second-order valence-electron chi connectivity index (χ2n) is 7.58. The molecule has 2 N–H and O–H groups in total. The van der Waals surface area contributed by atoms with Gasteiger partial charge in [0.05, 0.1) is 0 Å². The lowest BCUT2D eigenvalue weighted by Crippen LogP contribution is -2.54. The average molecular weight is 278 g/mol. The molecule has 0 saturated heterocycles. The van der Waals surface area contributed by atoms with Crippen LogP contribution in [-0.4, -0.2) is 16.8 Å². The monoisotopic (exact) mass is 278 g/mol. The van der Waals surface area contributed by atoms with E-state index in [0.29, 0.717) is 25.1 Å². The highest BCUT2D eigenvalue weighted by Gasteiger charge is 2.51. The third-order valence-electron chi connectivity index (χ3n) is 4.16. The summed E-state index contributed by atoms with van der Waals surface area (Å²) in [5.41, 5.74) is 8.24. The fraction of sp³-hybridized carbons (Fsp3) is 0.688. The van der Waals surface area contributed by atoms with Gasteiger partial charge in [0.2, 0.25) is 5.88 Å². The molecule has 1 spiro atoms. The lowest BCUT2D eigenvalue weighted by atomic mass is 9.72. The number of nitrogens with zero attached hydrogens (tertiary/aromatic N) is 1. The zero-order valence-corrected chi connectivity index (χ0v) is 12.4. The molecule has 3 rings (SSSR count). The van der Waals surface area contributed by atoms with Gasteiger partial charge in [0.15, 0.2) is 0 Å². The first-order valence-electron chi connectivity index (χ1n) is 7.34. The van der Waals surface area contributed by atoms with Crippen LogP contribution in [0.25, 0.3) is 0 Å². The van der Waals surface area contributed by atoms with Gasteiger partial charge in [-0.25, -0.2) is 9.37 Å². The van der Waals surface area contributed by atoms with E-state index in [9.17, 15) is 4.39 Å². The molecule has 110 valence electrons. The molecule has 1 fully saturated rings. The van der Waals surface area contributed by atoms with E-state index in [1.807, 2.05) is 6.20 Å². The fourth-order valence-corrected chi connectivity index (χ4v) is 3.33. The smallest absolute Gasteiger partial charge is 0.218 e. The summed E-state index contributed by atoms with van der Waals surface area (Å²) in [5, 5.41) is 0. The van der Waals surface area contributed by atoms with Crippen LogP contribution < -0.4 is 10.5 Å². The molecule has 0 bridgehead atoms. The number of pyridine rings is 1. The lowest BCUT2D eigenvalue weighted by molar-refractivity contribution is -0.0838. The molecule has 2 aliphatic rings. The van der Waals surface area contributed by atoms with Crippen molar-refractivity contribution in [3.05, 3.63) is 23.4 Å². The first-order chi connectivity index (χ1) is 9.26. The second-order valence-corrected chi connectivity index (χ2v) is 7.58. The summed E-state index contributed by atoms with van der Waals surface area (Å²) in [6.45, 7) is 6.61. The van der Waals surface area contributed by atoms with Crippen LogP contribution in [0.1, 0.15) is 57.2 Å². The first kappa shape index (κ1) is 13.8. The molecule has 0 amide bonds. The van der Waals surface area contributed by atoms with Crippen molar-refractivity contribution in [2.45, 2.75) is 64.3 Å². The Morgan fingerprint density at radius 2 is 2.10 bits per heavy atom. The van der Waals surface area contributed by atoms with Crippen molar-refractivity contribution in [2.75, 3.05) is 0 Å². The topological polar surface area (TPSA) is 48.1 Å². The largest absolute Gasteiger partial charge is 0.471 e. The number of rotatable bonds is 1. The molecule has 0 radical (unpaired) electrons. The summed E-state index contributed by atoms with van der Waals surface area (Å²) >= 11 is 0. The van der Waals surface area contributed by atoms with Gasteiger partial charge in [-0.2, -0.15) is 0 Å². The Balaban J connectivity index is 1.84. The SMILES string of the molecule is CC(C)(C)Cc1cnc2c(c1)[C@@H](N)C[C@]1(C[C@H](F)C1)O2. The van der Waals surface area contributed by atoms with E-state index in [0.717, 1.165) is 12.0 Å². The maximum atomic E-state index is 13.2. The van der Waals surface area contributed by atoms with Gasteiger partial charge in [0, 0.05) is 37.1 Å². The number of fused-ring (bicyclic) bond motifs is 1. The number of alkyl halides is 1. The van der Waals surface area contributed by atoms with Crippen LogP contribution in [-0.2, 0) is 6.42 Å². The maximum Gasteiger partial charge on any atom is 0.218 e. The molecule has 3 nitrogen and oxygen atoms in total. The minimum absolute atomic E-state index is 0.0985. The third-order valence-corrected chi connectivity index (χ3v) is 4.16. The van der Waals surface area contributed by atoms with E-state index in [-0.39, 0.29) is 11.5 Å². The Bertz CT molecular complexity index is 518. The highest BCUT2D eigenvalue weighted by Crippen LogP contribution is 2.48. The van der Waals surface area contributed by atoms with Gasteiger partial charge in [0.25, 0.3) is 0 Å². The summed E-state index contributed by atoms with van der Waals surface area (Å²) in [7, 11) is 0. The number of ether oxygens (including phenoxy) is 1. The Morgan fingerprint density at radius 1 is 1.40 bits per heavy atom. The van der Waals surface area contributed by atoms with Gasteiger partial charge in [0.1, 0.15) is 11.8 Å². The van der Waals surface area contributed by atoms with E-state index in [1.165, 1.54) is 5.56 Å². The summed E-state index contributed by atoms with van der Waals surface area (Å²) < 4.78 is 19.1. The zero-order chi connectivity index (χ0) is 14.5. The van der Waals surface area contributed by atoms with Gasteiger partial charge in [-0.15, -0.1) is 0 Å². The summed E-state index contributed by atoms with van der Waals surface area (Å²) in [6.07, 6.45) is 3.67. The van der Waals surface area contributed by atoms with Gasteiger partial charge in [-0.3, -0.25) is 0 Å². The fourth-order valence-electron chi connectivity index (χ4n) is 3.33. The van der Waals surface area contributed by atoms with Crippen molar-refractivity contribution in [1.82, 2.24) is 4.98 Å². The molecule has 4 heteroatoms. The molecule has 1 aromatic rings. The number of hydrogen-bond acceptors (Lipinski definition) is 3. The van der Waals surface area contributed by atoms with Gasteiger partial charge < -0.3 is 10.5 Å². The molecule has 2 heterocycles. The first-order valence-corrected chi connectivity index (χ1v) is 7.34. The summed E-state index contributed by atoms with van der Waals surface area (Å²) in [6, 6.07) is 2.01. The molecular formula is C16H23FN2O. The number of hydrogen-bond donors (Lipinski definition) is 1. The van der Waals surface area contributed by atoms with E-state index >= 15 is 0 Å². The van der Waals surface area contributed by atoms with Crippen molar-refractivity contribution >= 4 is 0 Å². The van der Waals surface area contributed by atoms with E-state index in [1.54, 1.807) is 0 Å². The van der Waals surface area contributed by atoms with Gasteiger partial charge >= 0.3 is 0 Å². The minimum Gasteiger partial charge on any atom is -0.471 e. The minimum atomic E-state index is -0.746. The van der Waals surface area contributed by atoms with Crippen LogP contribution in [0.2, 0.25) is 0 Å². The molecule has 1 aromatic heterocycles. The predicted molar refractivity (Wildman–Crippen MR) is 76.4 cm³/mol. The van der Waals surface area contributed by atoms with E-state index in [4.69, 9.17) is 10.5 Å². The molecular weight excluding hydrogens is 255 g/mol. The highest BCUT2D eigenvalue weighted by molar-refractivity contribution is 5.36. The van der Waals surface area contributed by atoms with Crippen molar-refractivity contribution < 1.29 is 9.13 Å². The van der Waals surface area contributed by atoms with Crippen LogP contribution in [0, 0.1) is 5.41 Å². The molecule has 0 unspecified atom stereocenters. The standard InChI is InChI=1S/C16H23FN2O/c1-15(2,3)5-10-4-12-13(18)8-16(6-11(17)7-16)20-14(12)19-9-10/h4,9,11,13H,5-8,18H2,1-3H3/t11-,13-,16+/m0/s1. The van der Waals surface area contributed by atoms with Crippen molar-refractivity contribution in [1.29, 1.82) is 0 Å². The van der Waals surface area contributed by atoms with Crippen molar-refractivity contribution in [3.63, 3.8) is 0 Å². The Labute approximate surface area is 119 Å². The molecule has 0 aromatic carbocycles. The number of aromatic nitrogens is 1. The zero-order valence-electron chi connectivity index (χ0n) is 12.4. The summed E-state index contributed by atoms with van der Waals surface area (Å²) in [4.78, 5) is 4.43. The molecule has 20 heavy (non-hydrogen) atoms. The summed E-state index contributed by atoms with van der Waals surface area (Å²) in [5.74, 6) is 0.605. The van der Waals surface area contributed by atoms with Gasteiger partial charge in [-0.05, 0) is 23.5 Å². The predicted octanol–water partition coefficient (Wildman–Crippen LogP) is 3.32. The Hall–Kier alpha value is -1.16. The third kappa shape index (κ3) is 2.53. The number of halogens is 1. The highest BCUT2D eigenvalue weighted by atomic mass is 19.1. The van der Waals surface area contributed by atoms with Crippen LogP contribution in [0.15, 0.2) is 12.3 Å². The van der Waals surface area contributed by atoms with Gasteiger partial charge in [-0.1, -0.05) is 20.8 Å². The van der Waals surface area contributed by atoms with Crippen molar-refractivity contribution in [2.24, 2.45) is 11.1 Å². The normalized spacial score (nSPS) is 32.5. The number of nitrogens with two attached hydrogens (primary N) is 1. The van der Waals surface area contributed by atoms with E-state index < -0.39 is 11.8 Å². The second kappa shape index (κ2) is 4.42. The molecule has 1 atom stereocenters. The molecule has 1 aliphatic carbocycles. The quantitative estimate of drug-likeness (QED) is 0.857. The Kier molecular flexibility index (Phi) is 3.05. The van der Waals surface area contributed by atoms with Crippen molar-refractivity contribution in [3.8, 4) is 5.88 Å². The maximum absolute atomic E-state index is 13.2. The van der Waals surface area contributed by atoms with E-state index in [2.05, 4.69) is 31.8 Å². The van der Waals surface area contributed by atoms with Crippen LogP contribution in [0.4, 0.5) is 4.39 Å². The van der Waals surface area contributed by atoms with Crippen LogP contribution in [0.3, 0.4) is 0 Å². The van der Waals surface area contributed by atoms with Crippen LogP contribution >= 0.6 is 0 Å². The Morgan fingerprint density at radius 3 is 2.70 bits per heavy atom. The van der Waals surface area contributed by atoms with Crippen LogP contribution in [0.5, 0.6) is 5.88 Å². The average Bonchev–Trinajstić information content (AvgIpc) is 2.26. The molecule has 1 saturated carbocycles. The molecule has 1 aliphatic heterocycles. The lowest BCUT2D eigenvalue weighted by Gasteiger charge is -2.48.